The first-order chi connectivity index (χ1) is 12.9. The molecule has 0 unspecified atom stereocenters. The molecule has 1 fully saturated rings. The molecule has 0 aromatic heterocycles. The van der Waals surface area contributed by atoms with Crippen molar-refractivity contribution < 1.29 is 27.5 Å². The van der Waals surface area contributed by atoms with Gasteiger partial charge in [0.1, 0.15) is 6.54 Å². The van der Waals surface area contributed by atoms with Crippen LogP contribution in [-0.4, -0.2) is 70.0 Å². The largest absolute Gasteiger partial charge is 0.435 e. The van der Waals surface area contributed by atoms with Crippen LogP contribution in [0.5, 0.6) is 0 Å². The topological polar surface area (TPSA) is 126 Å². The lowest BCUT2D eigenvalue weighted by atomic mass is 10.2. The maximum Gasteiger partial charge on any atom is 0.410 e. The third-order valence-corrected chi connectivity index (χ3v) is 5.36. The molecule has 1 aromatic rings. The van der Waals surface area contributed by atoms with E-state index in [1.807, 2.05) is 0 Å². The minimum absolute atomic E-state index is 0.287. The molecule has 0 bridgehead atoms. The SMILES string of the molecule is N#CCNC(=O)[C@H](CS(=O)(=O)Cc1ccccc1)OC(=O)N1CCOCC1. The number of benzene rings is 1. The van der Waals surface area contributed by atoms with E-state index in [0.717, 1.165) is 0 Å². The number of amides is 2. The first-order valence-electron chi connectivity index (χ1n) is 8.33. The molecule has 10 heteroatoms. The normalized spacial score (nSPS) is 15.4. The van der Waals surface area contributed by atoms with E-state index < -0.39 is 33.7 Å². The van der Waals surface area contributed by atoms with E-state index in [-0.39, 0.29) is 12.3 Å². The van der Waals surface area contributed by atoms with Gasteiger partial charge in [-0.2, -0.15) is 5.26 Å². The average molecular weight is 395 g/mol. The van der Waals surface area contributed by atoms with Crippen LogP contribution >= 0.6 is 0 Å². The van der Waals surface area contributed by atoms with Gasteiger partial charge in [0.05, 0.1) is 30.8 Å². The van der Waals surface area contributed by atoms with Gasteiger partial charge in [0.25, 0.3) is 5.91 Å². The summed E-state index contributed by atoms with van der Waals surface area (Å²) in [5, 5.41) is 10.8. The summed E-state index contributed by atoms with van der Waals surface area (Å²) in [7, 11) is -3.74. The Kier molecular flexibility index (Phi) is 7.57. The van der Waals surface area contributed by atoms with E-state index in [1.54, 1.807) is 36.4 Å². The van der Waals surface area contributed by atoms with Gasteiger partial charge in [0.15, 0.2) is 15.9 Å². The number of morpholine rings is 1. The van der Waals surface area contributed by atoms with Crippen molar-refractivity contribution in [1.82, 2.24) is 10.2 Å². The molecule has 1 aliphatic heterocycles. The monoisotopic (exact) mass is 395 g/mol. The summed E-state index contributed by atoms with van der Waals surface area (Å²) >= 11 is 0. The van der Waals surface area contributed by atoms with Crippen molar-refractivity contribution in [3.8, 4) is 6.07 Å². The maximum absolute atomic E-state index is 12.5. The predicted octanol–water partition coefficient (Wildman–Crippen LogP) is 0.0786. The minimum Gasteiger partial charge on any atom is -0.435 e. The standard InChI is InChI=1S/C17H21N3O6S/c18-6-7-19-16(21)15(26-17(22)20-8-10-25-11-9-20)13-27(23,24)12-14-4-2-1-3-5-14/h1-5,15H,7-13H2,(H,19,21)/t15-/m0/s1. The number of hydrogen-bond acceptors (Lipinski definition) is 7. The molecule has 1 atom stereocenters. The van der Waals surface area contributed by atoms with E-state index in [9.17, 15) is 18.0 Å². The summed E-state index contributed by atoms with van der Waals surface area (Å²) in [4.78, 5) is 25.8. The number of ether oxygens (including phenoxy) is 2. The fraction of sp³-hybridized carbons (Fsp3) is 0.471. The molecule has 2 amide bonds. The van der Waals surface area contributed by atoms with Gasteiger partial charge in [-0.1, -0.05) is 30.3 Å². The molecule has 0 saturated carbocycles. The quantitative estimate of drug-likeness (QED) is 0.648. The Morgan fingerprint density at radius 1 is 1.26 bits per heavy atom. The predicted molar refractivity (Wildman–Crippen MR) is 95.2 cm³/mol. The highest BCUT2D eigenvalue weighted by Gasteiger charge is 2.31. The number of carbonyl (C=O) groups is 2. The van der Waals surface area contributed by atoms with Crippen molar-refractivity contribution in [2.45, 2.75) is 11.9 Å². The number of nitrogens with zero attached hydrogens (tertiary/aromatic N) is 2. The summed E-state index contributed by atoms with van der Waals surface area (Å²) in [5.74, 6) is -1.78. The zero-order valence-corrected chi connectivity index (χ0v) is 15.5. The summed E-state index contributed by atoms with van der Waals surface area (Å²) in [6, 6.07) is 10.2. The Balaban J connectivity index is 2.07. The molecule has 2 rings (SSSR count). The van der Waals surface area contributed by atoms with Gasteiger partial charge in [0.2, 0.25) is 0 Å². The van der Waals surface area contributed by atoms with Crippen LogP contribution in [0, 0.1) is 11.3 Å². The van der Waals surface area contributed by atoms with Crippen LogP contribution in [0.1, 0.15) is 5.56 Å². The number of carbonyl (C=O) groups excluding carboxylic acids is 2. The molecular weight excluding hydrogens is 374 g/mol. The van der Waals surface area contributed by atoms with Crippen molar-refractivity contribution in [3.05, 3.63) is 35.9 Å². The van der Waals surface area contributed by atoms with E-state index in [4.69, 9.17) is 14.7 Å². The maximum atomic E-state index is 12.5. The van der Waals surface area contributed by atoms with E-state index in [1.165, 1.54) is 4.90 Å². The average Bonchev–Trinajstić information content (AvgIpc) is 2.66. The summed E-state index contributed by atoms with van der Waals surface area (Å²) in [6.07, 6.45) is -2.33. The molecule has 146 valence electrons. The van der Waals surface area contributed by atoms with Crippen LogP contribution in [0.25, 0.3) is 0 Å². The first kappa shape index (κ1) is 20.7. The van der Waals surface area contributed by atoms with Crippen LogP contribution < -0.4 is 5.32 Å². The third-order valence-electron chi connectivity index (χ3n) is 3.78. The molecule has 27 heavy (non-hydrogen) atoms. The van der Waals surface area contributed by atoms with Gasteiger partial charge in [-0.05, 0) is 5.56 Å². The third kappa shape index (κ3) is 6.88. The molecule has 0 radical (unpaired) electrons. The van der Waals surface area contributed by atoms with Crippen molar-refractivity contribution in [2.75, 3.05) is 38.6 Å². The van der Waals surface area contributed by atoms with Gasteiger partial charge < -0.3 is 19.7 Å². The minimum atomic E-state index is -3.74. The fourth-order valence-corrected chi connectivity index (χ4v) is 3.96. The Hall–Kier alpha value is -2.64. The van der Waals surface area contributed by atoms with Gasteiger partial charge >= 0.3 is 6.09 Å². The number of nitriles is 1. The lowest BCUT2D eigenvalue weighted by Gasteiger charge is -2.28. The van der Waals surface area contributed by atoms with Crippen LogP contribution in [-0.2, 0) is 29.9 Å². The van der Waals surface area contributed by atoms with Crippen LogP contribution in [0.2, 0.25) is 0 Å². The van der Waals surface area contributed by atoms with Crippen molar-refractivity contribution in [1.29, 1.82) is 5.26 Å². The molecule has 1 aromatic carbocycles. The number of nitrogens with one attached hydrogen (secondary N) is 1. The number of sulfone groups is 1. The lowest BCUT2D eigenvalue weighted by molar-refractivity contribution is -0.129. The highest BCUT2D eigenvalue weighted by molar-refractivity contribution is 7.90. The first-order valence-corrected chi connectivity index (χ1v) is 10.2. The Morgan fingerprint density at radius 3 is 2.56 bits per heavy atom. The van der Waals surface area contributed by atoms with Crippen LogP contribution in [0.15, 0.2) is 30.3 Å². The molecular formula is C17H21N3O6S. The highest BCUT2D eigenvalue weighted by atomic mass is 32.2. The molecule has 1 aliphatic rings. The molecule has 0 aliphatic carbocycles. The van der Waals surface area contributed by atoms with Crippen molar-refractivity contribution in [2.24, 2.45) is 0 Å². The highest BCUT2D eigenvalue weighted by Crippen LogP contribution is 2.11. The molecule has 1 N–H and O–H groups in total. The second-order valence-electron chi connectivity index (χ2n) is 5.89. The summed E-state index contributed by atoms with van der Waals surface area (Å²) < 4.78 is 35.2. The molecule has 1 heterocycles. The summed E-state index contributed by atoms with van der Waals surface area (Å²) in [6.45, 7) is 0.951. The zero-order valence-electron chi connectivity index (χ0n) is 14.7. The Morgan fingerprint density at radius 2 is 1.93 bits per heavy atom. The second-order valence-corrected chi connectivity index (χ2v) is 8.00. The van der Waals surface area contributed by atoms with Crippen LogP contribution in [0.3, 0.4) is 0 Å². The van der Waals surface area contributed by atoms with E-state index in [2.05, 4.69) is 5.32 Å². The molecule has 1 saturated heterocycles. The van der Waals surface area contributed by atoms with Gasteiger partial charge in [-0.3, -0.25) is 4.79 Å². The van der Waals surface area contributed by atoms with Crippen molar-refractivity contribution in [3.63, 3.8) is 0 Å². The van der Waals surface area contributed by atoms with Gasteiger partial charge in [-0.15, -0.1) is 0 Å². The Labute approximate surface area is 157 Å². The number of rotatable bonds is 7. The van der Waals surface area contributed by atoms with Gasteiger partial charge in [0, 0.05) is 13.1 Å². The van der Waals surface area contributed by atoms with E-state index >= 15 is 0 Å². The summed E-state index contributed by atoms with van der Waals surface area (Å²) in [5.41, 5.74) is 0.563. The fourth-order valence-electron chi connectivity index (χ4n) is 2.46. The molecule has 9 nitrogen and oxygen atoms in total. The molecule has 0 spiro atoms. The zero-order chi connectivity index (χ0) is 19.7. The van der Waals surface area contributed by atoms with Crippen LogP contribution in [0.4, 0.5) is 4.79 Å². The smallest absolute Gasteiger partial charge is 0.410 e. The van der Waals surface area contributed by atoms with E-state index in [0.29, 0.717) is 31.9 Å². The number of hydrogen-bond donors (Lipinski definition) is 1. The van der Waals surface area contributed by atoms with Crippen molar-refractivity contribution >= 4 is 21.8 Å². The lowest BCUT2D eigenvalue weighted by Crippen LogP contribution is -2.47. The van der Waals surface area contributed by atoms with Gasteiger partial charge in [-0.25, -0.2) is 13.2 Å². The second kappa shape index (κ2) is 9.89. The Bertz CT molecular complexity index is 785.